The van der Waals surface area contributed by atoms with Crippen LogP contribution in [0, 0.1) is 0 Å². The summed E-state index contributed by atoms with van der Waals surface area (Å²) in [6.07, 6.45) is 0.555. The van der Waals surface area contributed by atoms with E-state index in [1.165, 1.54) is 13.3 Å². The number of hydrogen-bond acceptors (Lipinski definition) is 7. The largest absolute Gasteiger partial charge is 0.449 e. The van der Waals surface area contributed by atoms with Crippen molar-refractivity contribution >= 4 is 23.9 Å². The van der Waals surface area contributed by atoms with E-state index in [-0.39, 0.29) is 13.0 Å². The van der Waals surface area contributed by atoms with E-state index in [2.05, 4.69) is 5.16 Å². The Balaban J connectivity index is 2.89. The first kappa shape index (κ1) is 17.4. The fourth-order valence-electron chi connectivity index (χ4n) is 1.91. The predicted octanol–water partition coefficient (Wildman–Crippen LogP) is 0.562. The Labute approximate surface area is 128 Å². The van der Waals surface area contributed by atoms with Crippen LogP contribution in [0.2, 0.25) is 0 Å². The van der Waals surface area contributed by atoms with E-state index in [1.54, 1.807) is 25.1 Å². The minimum absolute atomic E-state index is 0.134. The molecule has 1 aromatic rings. The molecule has 1 aromatic carbocycles. The fourth-order valence-corrected chi connectivity index (χ4v) is 1.91. The molecule has 0 radical (unpaired) electrons. The molecule has 8 nitrogen and oxygen atoms in total. The number of likely N-dealkylation sites (N-methyl/N-ethyl adjacent to an activating group) is 1. The van der Waals surface area contributed by atoms with Crippen molar-refractivity contribution in [3.63, 3.8) is 0 Å². The number of carbonyl (C=O) groups excluding carboxylic acids is 2. The van der Waals surface area contributed by atoms with Crippen LogP contribution in [0.15, 0.2) is 23.4 Å². The Morgan fingerprint density at radius 2 is 2.18 bits per heavy atom. The van der Waals surface area contributed by atoms with Crippen LogP contribution in [0.25, 0.3) is 0 Å². The Kier molecular flexibility index (Phi) is 6.33. The molecule has 0 bridgehead atoms. The monoisotopic (exact) mass is 308 g/mol. The maximum absolute atomic E-state index is 12.1. The molecule has 0 saturated carbocycles. The van der Waals surface area contributed by atoms with Gasteiger partial charge < -0.3 is 21.4 Å². The molecule has 22 heavy (non-hydrogen) atoms. The highest BCUT2D eigenvalue weighted by atomic mass is 16.6. The highest BCUT2D eigenvalue weighted by Gasteiger charge is 2.24. The number of hydrogen-bond donors (Lipinski definition) is 3. The van der Waals surface area contributed by atoms with E-state index < -0.39 is 18.0 Å². The lowest BCUT2D eigenvalue weighted by Crippen LogP contribution is -2.46. The fraction of sp³-hybridized carbons (Fsp3) is 0.357. The minimum Gasteiger partial charge on any atom is -0.449 e. The van der Waals surface area contributed by atoms with Crippen LogP contribution in [0.1, 0.15) is 18.1 Å². The summed E-state index contributed by atoms with van der Waals surface area (Å²) in [6, 6.07) is 4.09. The molecule has 0 spiro atoms. The quantitative estimate of drug-likeness (QED) is 0.315. The van der Waals surface area contributed by atoms with Gasteiger partial charge >= 0.3 is 6.09 Å². The number of imide groups is 1. The van der Waals surface area contributed by atoms with Crippen LogP contribution >= 0.6 is 0 Å². The van der Waals surface area contributed by atoms with Crippen molar-refractivity contribution in [1.29, 1.82) is 0 Å². The molecule has 1 atom stereocenters. The Morgan fingerprint density at radius 3 is 2.77 bits per heavy atom. The number of nitrogens with zero attached hydrogens (tertiary/aromatic N) is 2. The van der Waals surface area contributed by atoms with E-state index in [0.29, 0.717) is 16.8 Å². The molecule has 5 N–H and O–H groups in total. The summed E-state index contributed by atoms with van der Waals surface area (Å²) in [4.78, 5) is 24.5. The van der Waals surface area contributed by atoms with Crippen molar-refractivity contribution in [3.8, 4) is 0 Å². The molecule has 0 heterocycles. The van der Waals surface area contributed by atoms with Crippen molar-refractivity contribution in [2.45, 2.75) is 19.4 Å². The van der Waals surface area contributed by atoms with Gasteiger partial charge in [-0.3, -0.25) is 4.79 Å². The summed E-state index contributed by atoms with van der Waals surface area (Å²) >= 11 is 0. The molecule has 1 rings (SSSR count). The highest BCUT2D eigenvalue weighted by molar-refractivity contribution is 5.95. The molecule has 2 amide bonds. The van der Waals surface area contributed by atoms with Crippen LogP contribution in [0.3, 0.4) is 0 Å². The standard InChI is InChI=1S/C14H20N4O4/c1-3-22-14(20)18(2)13(19)12(16)7-9-5-4-6-11(15)10(9)8-17-21/h4-6,8,12,21H,3,7,15-16H2,1-2H3/t12-/m0/s1. The smallest absolute Gasteiger partial charge is 0.416 e. The van der Waals surface area contributed by atoms with E-state index in [0.717, 1.165) is 4.90 Å². The summed E-state index contributed by atoms with van der Waals surface area (Å²) in [6.45, 7) is 1.81. The van der Waals surface area contributed by atoms with Gasteiger partial charge in [-0.25, -0.2) is 9.69 Å². The molecule has 0 unspecified atom stereocenters. The van der Waals surface area contributed by atoms with Crippen LogP contribution in [-0.2, 0) is 16.0 Å². The van der Waals surface area contributed by atoms with Gasteiger partial charge in [0.15, 0.2) is 0 Å². The van der Waals surface area contributed by atoms with Crippen molar-refractivity contribution in [1.82, 2.24) is 4.90 Å². The van der Waals surface area contributed by atoms with Crippen molar-refractivity contribution < 1.29 is 19.5 Å². The molecule has 0 aliphatic heterocycles. The second-order valence-electron chi connectivity index (χ2n) is 4.57. The molecule has 120 valence electrons. The minimum atomic E-state index is -0.956. The van der Waals surface area contributed by atoms with Gasteiger partial charge in [0, 0.05) is 18.3 Å². The van der Waals surface area contributed by atoms with Gasteiger partial charge in [-0.2, -0.15) is 0 Å². The lowest BCUT2D eigenvalue weighted by molar-refractivity contribution is -0.129. The highest BCUT2D eigenvalue weighted by Crippen LogP contribution is 2.17. The van der Waals surface area contributed by atoms with E-state index >= 15 is 0 Å². The third-order valence-electron chi connectivity index (χ3n) is 3.05. The van der Waals surface area contributed by atoms with Crippen molar-refractivity contribution in [3.05, 3.63) is 29.3 Å². The first-order valence-corrected chi connectivity index (χ1v) is 6.67. The van der Waals surface area contributed by atoms with Crippen LogP contribution < -0.4 is 11.5 Å². The number of ether oxygens (including phenoxy) is 1. The van der Waals surface area contributed by atoms with E-state index in [4.69, 9.17) is 21.4 Å². The lowest BCUT2D eigenvalue weighted by atomic mass is 9.99. The first-order valence-electron chi connectivity index (χ1n) is 6.67. The first-order chi connectivity index (χ1) is 10.4. The third kappa shape index (κ3) is 4.19. The molecular weight excluding hydrogens is 288 g/mol. The summed E-state index contributed by atoms with van der Waals surface area (Å²) in [5.74, 6) is -0.576. The zero-order valence-corrected chi connectivity index (χ0v) is 12.5. The predicted molar refractivity (Wildman–Crippen MR) is 81.7 cm³/mol. The van der Waals surface area contributed by atoms with Gasteiger partial charge in [-0.1, -0.05) is 17.3 Å². The van der Waals surface area contributed by atoms with Crippen LogP contribution in [0.5, 0.6) is 0 Å². The molecule has 0 aliphatic rings. The number of carbonyl (C=O) groups is 2. The second-order valence-corrected chi connectivity index (χ2v) is 4.57. The number of anilines is 1. The number of rotatable bonds is 5. The van der Waals surface area contributed by atoms with Crippen molar-refractivity contribution in [2.24, 2.45) is 10.9 Å². The topological polar surface area (TPSA) is 131 Å². The number of nitrogens with two attached hydrogens (primary N) is 2. The van der Waals surface area contributed by atoms with Gasteiger partial charge in [0.1, 0.15) is 0 Å². The Bertz CT molecular complexity index is 574. The maximum Gasteiger partial charge on any atom is 0.416 e. The van der Waals surface area contributed by atoms with Crippen molar-refractivity contribution in [2.75, 3.05) is 19.4 Å². The van der Waals surface area contributed by atoms with Gasteiger partial charge in [0.2, 0.25) is 5.91 Å². The van der Waals surface area contributed by atoms with E-state index in [9.17, 15) is 9.59 Å². The molecule has 8 heteroatoms. The summed E-state index contributed by atoms with van der Waals surface area (Å²) in [5, 5.41) is 11.6. The Hall–Kier alpha value is -2.61. The summed E-state index contributed by atoms with van der Waals surface area (Å²) < 4.78 is 4.74. The van der Waals surface area contributed by atoms with Gasteiger partial charge in [0.25, 0.3) is 0 Å². The maximum atomic E-state index is 12.1. The lowest BCUT2D eigenvalue weighted by Gasteiger charge is -2.20. The molecule has 0 aliphatic carbocycles. The average molecular weight is 308 g/mol. The molecular formula is C14H20N4O4. The van der Waals surface area contributed by atoms with Crippen LogP contribution in [-0.4, -0.2) is 48.0 Å². The SMILES string of the molecule is CCOC(=O)N(C)C(=O)[C@@H](N)Cc1cccc(N)c1C=NO. The number of nitrogen functional groups attached to an aromatic ring is 1. The normalized spacial score (nSPS) is 12.1. The van der Waals surface area contributed by atoms with Crippen LogP contribution in [0.4, 0.5) is 10.5 Å². The second kappa shape index (κ2) is 7.99. The average Bonchev–Trinajstić information content (AvgIpc) is 2.49. The summed E-state index contributed by atoms with van der Waals surface area (Å²) in [7, 11) is 1.30. The number of benzene rings is 1. The zero-order valence-electron chi connectivity index (χ0n) is 12.5. The van der Waals surface area contributed by atoms with Gasteiger partial charge in [0.05, 0.1) is 18.9 Å². The van der Waals surface area contributed by atoms with Gasteiger partial charge in [-0.15, -0.1) is 0 Å². The number of oxime groups is 1. The van der Waals surface area contributed by atoms with Gasteiger partial charge in [-0.05, 0) is 25.0 Å². The molecule has 0 saturated heterocycles. The Morgan fingerprint density at radius 1 is 1.50 bits per heavy atom. The number of amides is 2. The molecule has 0 aromatic heterocycles. The zero-order chi connectivity index (χ0) is 16.7. The van der Waals surface area contributed by atoms with E-state index in [1.807, 2.05) is 0 Å². The third-order valence-corrected chi connectivity index (χ3v) is 3.05. The molecule has 0 fully saturated rings. The summed E-state index contributed by atoms with van der Waals surface area (Å²) in [5.41, 5.74) is 13.2.